The van der Waals surface area contributed by atoms with Crippen LogP contribution in [0.4, 0.5) is 8.78 Å². The van der Waals surface area contributed by atoms with E-state index in [4.69, 9.17) is 0 Å². The summed E-state index contributed by atoms with van der Waals surface area (Å²) in [4.78, 5) is 19.7. The average molecular weight is 347 g/mol. The smallest absolute Gasteiger partial charge is 0.230 e. The van der Waals surface area contributed by atoms with E-state index in [1.807, 2.05) is 31.2 Å². The molecule has 0 aliphatic heterocycles. The summed E-state index contributed by atoms with van der Waals surface area (Å²) in [5.41, 5.74) is 1.72. The Bertz CT molecular complexity index is 848. The van der Waals surface area contributed by atoms with Crippen molar-refractivity contribution in [1.29, 1.82) is 0 Å². The van der Waals surface area contributed by atoms with Gasteiger partial charge in [0.2, 0.25) is 5.91 Å². The number of hydrogen-bond acceptors (Lipinski definition) is 3. The molecule has 3 aromatic rings. The van der Waals surface area contributed by atoms with Crippen LogP contribution in [0.15, 0.2) is 47.4 Å². The zero-order valence-corrected chi connectivity index (χ0v) is 13.7. The van der Waals surface area contributed by atoms with E-state index in [2.05, 4.69) is 15.3 Å². The second-order valence-corrected chi connectivity index (χ2v) is 6.31. The predicted molar refractivity (Wildman–Crippen MR) is 89.7 cm³/mol. The van der Waals surface area contributed by atoms with Gasteiger partial charge >= 0.3 is 0 Å². The van der Waals surface area contributed by atoms with E-state index >= 15 is 0 Å². The highest BCUT2D eigenvalue weighted by Crippen LogP contribution is 2.23. The van der Waals surface area contributed by atoms with Gasteiger partial charge in [-0.2, -0.15) is 0 Å². The Morgan fingerprint density at radius 2 is 2.08 bits per heavy atom. The fourth-order valence-electron chi connectivity index (χ4n) is 2.26. The molecule has 4 nitrogen and oxygen atoms in total. The molecule has 0 aliphatic carbocycles. The monoisotopic (exact) mass is 347 g/mol. The number of benzene rings is 2. The number of fused-ring (bicyclic) bond motifs is 1. The van der Waals surface area contributed by atoms with E-state index in [-0.39, 0.29) is 22.6 Å². The Morgan fingerprint density at radius 1 is 1.29 bits per heavy atom. The van der Waals surface area contributed by atoms with E-state index in [9.17, 15) is 13.6 Å². The molecule has 0 bridgehead atoms. The summed E-state index contributed by atoms with van der Waals surface area (Å²) in [7, 11) is 0. The fourth-order valence-corrected chi connectivity index (χ4v) is 3.03. The molecule has 2 N–H and O–H groups in total. The summed E-state index contributed by atoms with van der Waals surface area (Å²) in [6.07, 6.45) is 0. The quantitative estimate of drug-likeness (QED) is 0.690. The van der Waals surface area contributed by atoms with Crippen molar-refractivity contribution in [2.45, 2.75) is 17.9 Å². The number of hydrogen-bond donors (Lipinski definition) is 2. The standard InChI is InChI=1S/C17H15F2N3OS/c1-10(17-21-13-4-2-3-5-14(13)22-17)20-16(23)9-24-15-8-11(18)6-7-12(15)19/h2-8,10H,9H2,1H3,(H,20,23)(H,21,22)/t10-/m1/s1. The Hall–Kier alpha value is -2.41. The van der Waals surface area contributed by atoms with E-state index in [1.54, 1.807) is 0 Å². The molecule has 1 atom stereocenters. The molecule has 2 aromatic carbocycles. The van der Waals surface area contributed by atoms with Crippen molar-refractivity contribution >= 4 is 28.7 Å². The molecule has 124 valence electrons. The lowest BCUT2D eigenvalue weighted by Gasteiger charge is -2.11. The van der Waals surface area contributed by atoms with Gasteiger partial charge in [-0.05, 0) is 37.3 Å². The molecular formula is C17H15F2N3OS. The highest BCUT2D eigenvalue weighted by Gasteiger charge is 2.14. The summed E-state index contributed by atoms with van der Waals surface area (Å²) < 4.78 is 26.6. The van der Waals surface area contributed by atoms with E-state index in [1.165, 1.54) is 0 Å². The normalized spacial score (nSPS) is 12.3. The summed E-state index contributed by atoms with van der Waals surface area (Å²) >= 11 is 0.954. The number of halogens is 2. The third-order valence-corrected chi connectivity index (χ3v) is 4.48. The van der Waals surface area contributed by atoms with Crippen LogP contribution in [0.1, 0.15) is 18.8 Å². The van der Waals surface area contributed by atoms with Crippen molar-refractivity contribution in [3.8, 4) is 0 Å². The maximum atomic E-state index is 13.5. The van der Waals surface area contributed by atoms with Gasteiger partial charge in [0.1, 0.15) is 17.5 Å². The van der Waals surface area contributed by atoms with Crippen LogP contribution in [0.5, 0.6) is 0 Å². The molecule has 7 heteroatoms. The molecule has 1 heterocycles. The summed E-state index contributed by atoms with van der Waals surface area (Å²) in [6.45, 7) is 1.81. The maximum absolute atomic E-state index is 13.5. The molecule has 1 amide bonds. The van der Waals surface area contributed by atoms with Gasteiger partial charge in [-0.25, -0.2) is 13.8 Å². The number of aromatic nitrogens is 2. The number of thioether (sulfide) groups is 1. The number of imidazole rings is 1. The van der Waals surface area contributed by atoms with Crippen molar-refractivity contribution in [2.24, 2.45) is 0 Å². The number of carbonyl (C=O) groups is 1. The van der Waals surface area contributed by atoms with Gasteiger partial charge < -0.3 is 10.3 Å². The molecule has 1 aromatic heterocycles. The minimum atomic E-state index is -0.542. The number of aromatic amines is 1. The number of para-hydroxylation sites is 2. The first-order chi connectivity index (χ1) is 11.5. The number of nitrogens with one attached hydrogen (secondary N) is 2. The zero-order chi connectivity index (χ0) is 17.1. The van der Waals surface area contributed by atoms with Crippen LogP contribution in [0.3, 0.4) is 0 Å². The number of carbonyl (C=O) groups excluding carboxylic acids is 1. The van der Waals surface area contributed by atoms with Gasteiger partial charge in [0.15, 0.2) is 0 Å². The Kier molecular flexibility index (Phi) is 4.80. The molecule has 3 rings (SSSR count). The van der Waals surface area contributed by atoms with Crippen LogP contribution in [0, 0.1) is 11.6 Å². The predicted octanol–water partition coefficient (Wildman–Crippen LogP) is 3.81. The lowest BCUT2D eigenvalue weighted by molar-refractivity contribution is -0.119. The highest BCUT2D eigenvalue weighted by atomic mass is 32.2. The van der Waals surface area contributed by atoms with Crippen LogP contribution in [-0.4, -0.2) is 21.6 Å². The van der Waals surface area contributed by atoms with Gasteiger partial charge in [0.25, 0.3) is 0 Å². The summed E-state index contributed by atoms with van der Waals surface area (Å²) in [5.74, 6) is -0.720. The Balaban J connectivity index is 1.60. The van der Waals surface area contributed by atoms with Gasteiger partial charge in [-0.3, -0.25) is 4.79 Å². The fraction of sp³-hybridized carbons (Fsp3) is 0.176. The second kappa shape index (κ2) is 7.00. The maximum Gasteiger partial charge on any atom is 0.230 e. The number of H-pyrrole nitrogens is 1. The highest BCUT2D eigenvalue weighted by molar-refractivity contribution is 8.00. The molecule has 0 fully saturated rings. The molecule has 0 saturated carbocycles. The average Bonchev–Trinajstić information content (AvgIpc) is 3.00. The Morgan fingerprint density at radius 3 is 2.88 bits per heavy atom. The van der Waals surface area contributed by atoms with Crippen LogP contribution in [0.25, 0.3) is 11.0 Å². The first kappa shape index (κ1) is 16.4. The summed E-state index contributed by atoms with van der Waals surface area (Å²) in [6, 6.07) is 10.4. The van der Waals surface area contributed by atoms with Crippen molar-refractivity contribution in [3.63, 3.8) is 0 Å². The molecule has 24 heavy (non-hydrogen) atoms. The van der Waals surface area contributed by atoms with Gasteiger partial charge in [0, 0.05) is 4.90 Å². The minimum absolute atomic E-state index is 0.00899. The van der Waals surface area contributed by atoms with Gasteiger partial charge in [0.05, 0.1) is 22.8 Å². The third kappa shape index (κ3) is 3.73. The third-order valence-electron chi connectivity index (χ3n) is 3.45. The van der Waals surface area contributed by atoms with Crippen LogP contribution in [-0.2, 0) is 4.79 Å². The Labute approximate surface area is 141 Å². The van der Waals surface area contributed by atoms with Crippen LogP contribution >= 0.6 is 11.8 Å². The minimum Gasteiger partial charge on any atom is -0.346 e. The second-order valence-electron chi connectivity index (χ2n) is 5.29. The molecule has 0 spiro atoms. The first-order valence-corrected chi connectivity index (χ1v) is 8.33. The zero-order valence-electron chi connectivity index (χ0n) is 12.8. The summed E-state index contributed by atoms with van der Waals surface area (Å²) in [5, 5.41) is 2.79. The van der Waals surface area contributed by atoms with E-state index < -0.39 is 11.6 Å². The SMILES string of the molecule is C[C@@H](NC(=O)CSc1cc(F)ccc1F)c1nc2ccccc2[nH]1. The largest absolute Gasteiger partial charge is 0.346 e. The van der Waals surface area contributed by atoms with Crippen molar-refractivity contribution < 1.29 is 13.6 Å². The molecular weight excluding hydrogens is 332 g/mol. The van der Waals surface area contributed by atoms with Crippen molar-refractivity contribution in [1.82, 2.24) is 15.3 Å². The lowest BCUT2D eigenvalue weighted by Crippen LogP contribution is -2.28. The van der Waals surface area contributed by atoms with Crippen molar-refractivity contribution in [3.05, 3.63) is 59.9 Å². The van der Waals surface area contributed by atoms with E-state index in [0.29, 0.717) is 5.82 Å². The molecule has 0 radical (unpaired) electrons. The van der Waals surface area contributed by atoms with E-state index in [0.717, 1.165) is 41.0 Å². The van der Waals surface area contributed by atoms with Crippen LogP contribution < -0.4 is 5.32 Å². The first-order valence-electron chi connectivity index (χ1n) is 7.35. The van der Waals surface area contributed by atoms with Crippen molar-refractivity contribution in [2.75, 3.05) is 5.75 Å². The number of amides is 1. The number of rotatable bonds is 5. The molecule has 0 unspecified atom stereocenters. The van der Waals surface area contributed by atoms with Crippen LogP contribution in [0.2, 0.25) is 0 Å². The van der Waals surface area contributed by atoms with Gasteiger partial charge in [-0.15, -0.1) is 11.8 Å². The molecule has 0 aliphatic rings. The molecule has 0 saturated heterocycles. The topological polar surface area (TPSA) is 57.8 Å². The lowest BCUT2D eigenvalue weighted by atomic mass is 10.3. The number of nitrogens with zero attached hydrogens (tertiary/aromatic N) is 1. The van der Waals surface area contributed by atoms with Gasteiger partial charge in [-0.1, -0.05) is 12.1 Å².